The minimum atomic E-state index is -0.0899. The summed E-state index contributed by atoms with van der Waals surface area (Å²) < 4.78 is 5.64. The second-order valence-corrected chi connectivity index (χ2v) is 7.12. The SMILES string of the molecule is CNC(=O)[C@@H]1CN(C(=O)COc2cccc(C)c2)CC12CCCC2. The Hall–Kier alpha value is -2.04. The number of aryl methyl sites for hydroxylation is 1. The quantitative estimate of drug-likeness (QED) is 0.920. The van der Waals surface area contributed by atoms with Crippen molar-refractivity contribution in [1.82, 2.24) is 10.2 Å². The van der Waals surface area contributed by atoms with Gasteiger partial charge in [0.25, 0.3) is 5.91 Å². The van der Waals surface area contributed by atoms with Crippen LogP contribution in [0.15, 0.2) is 24.3 Å². The summed E-state index contributed by atoms with van der Waals surface area (Å²) in [5.74, 6) is 0.648. The Labute approximate surface area is 143 Å². The van der Waals surface area contributed by atoms with Gasteiger partial charge in [-0.15, -0.1) is 0 Å². The third-order valence-corrected chi connectivity index (χ3v) is 5.51. The molecule has 0 aromatic heterocycles. The molecule has 0 radical (unpaired) electrons. The van der Waals surface area contributed by atoms with Crippen LogP contribution in [0.5, 0.6) is 5.75 Å². The minimum Gasteiger partial charge on any atom is -0.484 e. The fraction of sp³-hybridized carbons (Fsp3) is 0.579. The maximum Gasteiger partial charge on any atom is 0.260 e. The van der Waals surface area contributed by atoms with Crippen molar-refractivity contribution in [3.05, 3.63) is 29.8 Å². The molecule has 5 heteroatoms. The second kappa shape index (κ2) is 6.83. The van der Waals surface area contributed by atoms with E-state index in [-0.39, 0.29) is 29.8 Å². The van der Waals surface area contributed by atoms with E-state index < -0.39 is 0 Å². The Balaban J connectivity index is 1.64. The first kappa shape index (κ1) is 16.8. The van der Waals surface area contributed by atoms with Crippen LogP contribution in [0.4, 0.5) is 0 Å². The Morgan fingerprint density at radius 3 is 2.75 bits per heavy atom. The van der Waals surface area contributed by atoms with Crippen molar-refractivity contribution in [3.8, 4) is 5.75 Å². The molecule has 1 N–H and O–H groups in total. The molecule has 130 valence electrons. The maximum atomic E-state index is 12.6. The van der Waals surface area contributed by atoms with Gasteiger partial charge in [-0.3, -0.25) is 9.59 Å². The Bertz CT molecular complexity index is 623. The van der Waals surface area contributed by atoms with Gasteiger partial charge in [-0.25, -0.2) is 0 Å². The predicted molar refractivity (Wildman–Crippen MR) is 91.7 cm³/mol. The van der Waals surface area contributed by atoms with Gasteiger partial charge in [0.05, 0.1) is 5.92 Å². The van der Waals surface area contributed by atoms with Crippen molar-refractivity contribution in [2.24, 2.45) is 11.3 Å². The highest BCUT2D eigenvalue weighted by molar-refractivity contribution is 5.83. The Morgan fingerprint density at radius 1 is 1.33 bits per heavy atom. The number of carbonyl (C=O) groups is 2. The van der Waals surface area contributed by atoms with Crippen molar-refractivity contribution >= 4 is 11.8 Å². The van der Waals surface area contributed by atoms with Crippen LogP contribution in [0.2, 0.25) is 0 Å². The number of hydrogen-bond donors (Lipinski definition) is 1. The number of ether oxygens (including phenoxy) is 1. The number of carbonyl (C=O) groups excluding carboxylic acids is 2. The van der Waals surface area contributed by atoms with Gasteiger partial charge in [-0.05, 0) is 37.5 Å². The maximum absolute atomic E-state index is 12.6. The summed E-state index contributed by atoms with van der Waals surface area (Å²) in [6.07, 6.45) is 4.37. The molecule has 2 fully saturated rings. The normalized spacial score (nSPS) is 21.9. The zero-order valence-corrected chi connectivity index (χ0v) is 14.5. The highest BCUT2D eigenvalue weighted by Crippen LogP contribution is 2.49. The van der Waals surface area contributed by atoms with Crippen LogP contribution in [0.25, 0.3) is 0 Å². The Morgan fingerprint density at radius 2 is 2.08 bits per heavy atom. The molecule has 0 bridgehead atoms. The van der Waals surface area contributed by atoms with Gasteiger partial charge >= 0.3 is 0 Å². The molecular weight excluding hydrogens is 304 g/mol. The molecule has 1 atom stereocenters. The molecule has 2 amide bonds. The first-order chi connectivity index (χ1) is 11.5. The van der Waals surface area contributed by atoms with E-state index in [0.29, 0.717) is 18.8 Å². The predicted octanol–water partition coefficient (Wildman–Crippen LogP) is 2.14. The molecule has 1 heterocycles. The van der Waals surface area contributed by atoms with Crippen LogP contribution in [0, 0.1) is 18.3 Å². The lowest BCUT2D eigenvalue weighted by Crippen LogP contribution is -2.38. The third-order valence-electron chi connectivity index (χ3n) is 5.51. The molecule has 1 aromatic rings. The van der Waals surface area contributed by atoms with E-state index in [1.165, 1.54) is 0 Å². The molecule has 1 saturated heterocycles. The highest BCUT2D eigenvalue weighted by atomic mass is 16.5. The van der Waals surface area contributed by atoms with E-state index in [2.05, 4.69) is 5.32 Å². The van der Waals surface area contributed by atoms with Crippen LogP contribution in [-0.2, 0) is 9.59 Å². The monoisotopic (exact) mass is 330 g/mol. The molecule has 1 saturated carbocycles. The number of nitrogens with zero attached hydrogens (tertiary/aromatic N) is 1. The average Bonchev–Trinajstić information content (AvgIpc) is 3.20. The summed E-state index contributed by atoms with van der Waals surface area (Å²) in [7, 11) is 1.68. The van der Waals surface area contributed by atoms with Gasteiger partial charge in [0, 0.05) is 25.6 Å². The van der Waals surface area contributed by atoms with Gasteiger partial charge in [-0.1, -0.05) is 25.0 Å². The zero-order valence-electron chi connectivity index (χ0n) is 14.5. The summed E-state index contributed by atoms with van der Waals surface area (Å²) in [4.78, 5) is 26.7. The fourth-order valence-electron chi connectivity index (χ4n) is 4.22. The molecule has 1 aromatic carbocycles. The van der Waals surface area contributed by atoms with Gasteiger partial charge in [0.2, 0.25) is 5.91 Å². The third kappa shape index (κ3) is 3.25. The lowest BCUT2D eigenvalue weighted by molar-refractivity contribution is -0.132. The fourth-order valence-corrected chi connectivity index (χ4v) is 4.22. The van der Waals surface area contributed by atoms with Crippen LogP contribution in [-0.4, -0.2) is 43.5 Å². The molecule has 1 spiro atoms. The van der Waals surface area contributed by atoms with Gasteiger partial charge in [0.15, 0.2) is 6.61 Å². The largest absolute Gasteiger partial charge is 0.484 e. The van der Waals surface area contributed by atoms with Crippen LogP contribution in [0.3, 0.4) is 0 Å². The van der Waals surface area contributed by atoms with Crippen molar-refractivity contribution in [3.63, 3.8) is 0 Å². The molecular formula is C19H26N2O3. The van der Waals surface area contributed by atoms with E-state index in [4.69, 9.17) is 4.74 Å². The summed E-state index contributed by atoms with van der Waals surface area (Å²) in [6, 6.07) is 7.69. The smallest absolute Gasteiger partial charge is 0.260 e. The first-order valence-corrected chi connectivity index (χ1v) is 8.73. The van der Waals surface area contributed by atoms with E-state index in [1.807, 2.05) is 36.1 Å². The van der Waals surface area contributed by atoms with Crippen LogP contribution < -0.4 is 10.1 Å². The van der Waals surface area contributed by atoms with E-state index >= 15 is 0 Å². The molecule has 24 heavy (non-hydrogen) atoms. The minimum absolute atomic E-state index is 0.0278. The molecule has 0 unspecified atom stereocenters. The zero-order chi connectivity index (χ0) is 17.2. The summed E-state index contributed by atoms with van der Waals surface area (Å²) in [5.41, 5.74) is 1.07. The Kier molecular flexibility index (Phi) is 4.78. The highest BCUT2D eigenvalue weighted by Gasteiger charge is 2.52. The van der Waals surface area contributed by atoms with Gasteiger partial charge in [-0.2, -0.15) is 0 Å². The first-order valence-electron chi connectivity index (χ1n) is 8.73. The van der Waals surface area contributed by atoms with Gasteiger partial charge in [0.1, 0.15) is 5.75 Å². The molecule has 1 aliphatic carbocycles. The summed E-state index contributed by atoms with van der Waals surface area (Å²) in [6.45, 7) is 3.21. The number of amides is 2. The van der Waals surface area contributed by atoms with Crippen LogP contribution >= 0.6 is 0 Å². The van der Waals surface area contributed by atoms with Crippen LogP contribution in [0.1, 0.15) is 31.2 Å². The number of likely N-dealkylation sites (tertiary alicyclic amines) is 1. The van der Waals surface area contributed by atoms with Gasteiger partial charge < -0.3 is 15.0 Å². The van der Waals surface area contributed by atoms with E-state index in [0.717, 1.165) is 31.2 Å². The lowest BCUT2D eigenvalue weighted by Gasteiger charge is -2.28. The molecule has 3 rings (SSSR count). The average molecular weight is 330 g/mol. The molecule has 2 aliphatic rings. The molecule has 5 nitrogen and oxygen atoms in total. The number of benzene rings is 1. The number of hydrogen-bond acceptors (Lipinski definition) is 3. The van der Waals surface area contributed by atoms with E-state index in [9.17, 15) is 9.59 Å². The van der Waals surface area contributed by atoms with E-state index in [1.54, 1.807) is 7.05 Å². The number of nitrogens with one attached hydrogen (secondary N) is 1. The summed E-state index contributed by atoms with van der Waals surface area (Å²) >= 11 is 0. The van der Waals surface area contributed by atoms with Crippen molar-refractivity contribution < 1.29 is 14.3 Å². The summed E-state index contributed by atoms with van der Waals surface area (Å²) in [5, 5.41) is 2.77. The standard InChI is InChI=1S/C19H26N2O3/c1-14-6-5-7-15(10-14)24-12-17(22)21-11-16(18(23)20-2)19(13-21)8-3-4-9-19/h5-7,10,16H,3-4,8-9,11-13H2,1-2H3,(H,20,23)/t16-/m0/s1. The number of rotatable bonds is 4. The van der Waals surface area contributed by atoms with Crippen molar-refractivity contribution in [2.75, 3.05) is 26.7 Å². The second-order valence-electron chi connectivity index (χ2n) is 7.12. The van der Waals surface area contributed by atoms with Crippen molar-refractivity contribution in [1.29, 1.82) is 0 Å². The molecule has 1 aliphatic heterocycles. The van der Waals surface area contributed by atoms with Crippen molar-refractivity contribution in [2.45, 2.75) is 32.6 Å². The topological polar surface area (TPSA) is 58.6 Å². The lowest BCUT2D eigenvalue weighted by atomic mass is 9.76.